The van der Waals surface area contributed by atoms with Crippen molar-refractivity contribution in [3.8, 4) is 0 Å². The Labute approximate surface area is 175 Å². The molecule has 1 fully saturated rings. The number of rotatable bonds is 4. The van der Waals surface area contributed by atoms with Gasteiger partial charge in [0.1, 0.15) is 11.2 Å². The minimum Gasteiger partial charge on any atom is -0.458 e. The summed E-state index contributed by atoms with van der Waals surface area (Å²) in [5.41, 5.74) is -2.77. The molecule has 9 heteroatoms. The van der Waals surface area contributed by atoms with Gasteiger partial charge in [-0.3, -0.25) is 9.69 Å². The predicted octanol–water partition coefficient (Wildman–Crippen LogP) is 3.81. The van der Waals surface area contributed by atoms with Crippen molar-refractivity contribution in [1.29, 1.82) is 0 Å². The van der Waals surface area contributed by atoms with Crippen LogP contribution >= 0.6 is 11.6 Å². The first-order valence-corrected chi connectivity index (χ1v) is 9.86. The number of hydrogen-bond acceptors (Lipinski definition) is 7. The van der Waals surface area contributed by atoms with Gasteiger partial charge in [0.05, 0.1) is 5.56 Å². The van der Waals surface area contributed by atoms with Crippen molar-refractivity contribution in [3.63, 3.8) is 0 Å². The number of carbonyl (C=O) groups excluding carboxylic acids is 3. The summed E-state index contributed by atoms with van der Waals surface area (Å²) in [5.74, 6) is -1.01. The summed E-state index contributed by atoms with van der Waals surface area (Å²) in [4.78, 5) is 47.9. The summed E-state index contributed by atoms with van der Waals surface area (Å²) in [7, 11) is 0. The highest BCUT2D eigenvalue weighted by Crippen LogP contribution is 2.37. The van der Waals surface area contributed by atoms with Crippen LogP contribution < -0.4 is 0 Å². The van der Waals surface area contributed by atoms with E-state index in [4.69, 9.17) is 21.1 Å². The van der Waals surface area contributed by atoms with Gasteiger partial charge in [0.2, 0.25) is 5.28 Å². The Kier molecular flexibility index (Phi) is 6.57. The van der Waals surface area contributed by atoms with Crippen LogP contribution in [0.25, 0.3) is 0 Å². The molecular weight excluding hydrogens is 398 g/mol. The molecule has 1 unspecified atom stereocenters. The fourth-order valence-corrected chi connectivity index (χ4v) is 3.22. The molecule has 0 radical (unpaired) electrons. The van der Waals surface area contributed by atoms with Crippen LogP contribution in [0.1, 0.15) is 71.2 Å². The number of nitrogens with zero attached hydrogens (tertiary/aromatic N) is 3. The molecule has 0 aromatic carbocycles. The largest absolute Gasteiger partial charge is 0.458 e. The van der Waals surface area contributed by atoms with E-state index in [9.17, 15) is 14.4 Å². The maximum Gasteiger partial charge on any atom is 0.411 e. The van der Waals surface area contributed by atoms with Crippen molar-refractivity contribution < 1.29 is 23.9 Å². The number of esters is 1. The van der Waals surface area contributed by atoms with E-state index < -0.39 is 28.8 Å². The second-order valence-corrected chi connectivity index (χ2v) is 9.45. The van der Waals surface area contributed by atoms with E-state index in [1.54, 1.807) is 41.5 Å². The second kappa shape index (κ2) is 8.26. The summed E-state index contributed by atoms with van der Waals surface area (Å²) >= 11 is 5.69. The highest BCUT2D eigenvalue weighted by molar-refractivity contribution is 6.28. The molecule has 0 aliphatic carbocycles. The number of ketones is 1. The molecule has 2 rings (SSSR count). The third kappa shape index (κ3) is 5.88. The Morgan fingerprint density at radius 1 is 1.07 bits per heavy atom. The van der Waals surface area contributed by atoms with Gasteiger partial charge in [-0.15, -0.1) is 0 Å². The van der Waals surface area contributed by atoms with Crippen LogP contribution in [-0.2, 0) is 14.3 Å². The summed E-state index contributed by atoms with van der Waals surface area (Å²) in [5, 5.41) is 0.0136. The predicted molar refractivity (Wildman–Crippen MR) is 107 cm³/mol. The van der Waals surface area contributed by atoms with Gasteiger partial charge >= 0.3 is 12.1 Å². The van der Waals surface area contributed by atoms with Crippen LogP contribution in [0.4, 0.5) is 4.79 Å². The number of amides is 1. The number of carbonyl (C=O) groups is 3. The number of Topliss-reactive ketones (excluding diaryl/α,β-unsaturated/α-hetero) is 1. The van der Waals surface area contributed by atoms with Crippen molar-refractivity contribution in [1.82, 2.24) is 14.9 Å². The van der Waals surface area contributed by atoms with E-state index >= 15 is 0 Å². The monoisotopic (exact) mass is 425 g/mol. The van der Waals surface area contributed by atoms with Crippen molar-refractivity contribution >= 4 is 29.4 Å². The maximum absolute atomic E-state index is 13.2. The molecule has 1 amide bonds. The third-order valence-corrected chi connectivity index (χ3v) is 4.47. The molecule has 0 bridgehead atoms. The number of aromatic nitrogens is 2. The van der Waals surface area contributed by atoms with Crippen LogP contribution in [0.15, 0.2) is 12.4 Å². The SMILES string of the molecule is CC(C)(C)OC(=O)N1CCCC1(CC(=O)c1cnc(Cl)nc1)C(=O)OC(C)(C)C. The van der Waals surface area contributed by atoms with Gasteiger partial charge < -0.3 is 9.47 Å². The van der Waals surface area contributed by atoms with Crippen molar-refractivity contribution in [2.45, 2.75) is 77.5 Å². The number of likely N-dealkylation sites (tertiary alicyclic amines) is 1. The fourth-order valence-electron chi connectivity index (χ4n) is 3.13. The summed E-state index contributed by atoms with van der Waals surface area (Å²) in [6.07, 6.45) is 2.53. The normalized spacial score (nSPS) is 19.8. The molecule has 2 heterocycles. The quantitative estimate of drug-likeness (QED) is 0.410. The van der Waals surface area contributed by atoms with Gasteiger partial charge in [0.25, 0.3) is 0 Å². The van der Waals surface area contributed by atoms with Crippen molar-refractivity contribution in [3.05, 3.63) is 23.2 Å². The lowest BCUT2D eigenvalue weighted by atomic mass is 9.88. The zero-order chi connectivity index (χ0) is 22.0. The van der Waals surface area contributed by atoms with Gasteiger partial charge in [-0.2, -0.15) is 0 Å². The van der Waals surface area contributed by atoms with Gasteiger partial charge in [0, 0.05) is 25.4 Å². The second-order valence-electron chi connectivity index (χ2n) is 9.11. The Hall–Kier alpha value is -2.22. The summed E-state index contributed by atoms with van der Waals surface area (Å²) in [6.45, 7) is 10.7. The van der Waals surface area contributed by atoms with Gasteiger partial charge in [-0.05, 0) is 66.0 Å². The Morgan fingerprint density at radius 2 is 1.62 bits per heavy atom. The maximum atomic E-state index is 13.2. The van der Waals surface area contributed by atoms with Gasteiger partial charge in [-0.1, -0.05) is 0 Å². The third-order valence-electron chi connectivity index (χ3n) is 4.28. The van der Waals surface area contributed by atoms with E-state index in [-0.39, 0.29) is 23.1 Å². The Bertz CT molecular complexity index is 783. The standard InChI is InChI=1S/C20H28ClN3O5/c1-18(2,3)28-15(26)20(10-14(25)13-11-22-16(21)23-12-13)8-7-9-24(20)17(27)29-19(4,5)6/h11-12H,7-10H2,1-6H3. The molecule has 1 aliphatic rings. The Balaban J connectivity index is 2.39. The first-order chi connectivity index (χ1) is 13.2. The minimum absolute atomic E-state index is 0.0136. The number of ether oxygens (including phenoxy) is 2. The summed E-state index contributed by atoms with van der Waals surface area (Å²) in [6, 6.07) is 0. The fraction of sp³-hybridized carbons (Fsp3) is 0.650. The van der Waals surface area contributed by atoms with Crippen LogP contribution in [0.2, 0.25) is 5.28 Å². The van der Waals surface area contributed by atoms with E-state index in [0.717, 1.165) is 0 Å². The van der Waals surface area contributed by atoms with E-state index in [1.165, 1.54) is 17.3 Å². The van der Waals surface area contributed by atoms with E-state index in [1.807, 2.05) is 0 Å². The lowest BCUT2D eigenvalue weighted by Crippen LogP contribution is -2.57. The molecule has 8 nitrogen and oxygen atoms in total. The first kappa shape index (κ1) is 23.1. The van der Waals surface area contributed by atoms with Crippen LogP contribution in [0.3, 0.4) is 0 Å². The molecule has 1 aromatic heterocycles. The molecule has 1 aliphatic heterocycles. The zero-order valence-corrected chi connectivity index (χ0v) is 18.5. The van der Waals surface area contributed by atoms with Crippen LogP contribution in [0.5, 0.6) is 0 Å². The molecule has 1 saturated heterocycles. The van der Waals surface area contributed by atoms with E-state index in [2.05, 4.69) is 9.97 Å². The smallest absolute Gasteiger partial charge is 0.411 e. The molecule has 1 aromatic rings. The van der Waals surface area contributed by atoms with Crippen LogP contribution in [0, 0.1) is 0 Å². The van der Waals surface area contributed by atoms with Crippen LogP contribution in [-0.4, -0.2) is 56.0 Å². The molecule has 0 N–H and O–H groups in total. The molecular formula is C20H28ClN3O5. The average molecular weight is 426 g/mol. The summed E-state index contributed by atoms with van der Waals surface area (Å²) < 4.78 is 11.1. The molecule has 160 valence electrons. The van der Waals surface area contributed by atoms with Gasteiger partial charge in [0.15, 0.2) is 11.3 Å². The van der Waals surface area contributed by atoms with Crippen molar-refractivity contribution in [2.75, 3.05) is 6.54 Å². The molecule has 0 spiro atoms. The Morgan fingerprint density at radius 3 is 2.14 bits per heavy atom. The number of hydrogen-bond donors (Lipinski definition) is 0. The first-order valence-electron chi connectivity index (χ1n) is 9.48. The molecule has 0 saturated carbocycles. The highest BCUT2D eigenvalue weighted by atomic mass is 35.5. The van der Waals surface area contributed by atoms with Gasteiger partial charge in [-0.25, -0.2) is 19.6 Å². The molecule has 1 atom stereocenters. The lowest BCUT2D eigenvalue weighted by Gasteiger charge is -2.38. The minimum atomic E-state index is -1.45. The zero-order valence-electron chi connectivity index (χ0n) is 17.7. The lowest BCUT2D eigenvalue weighted by molar-refractivity contribution is -0.167. The van der Waals surface area contributed by atoms with Crippen molar-refractivity contribution in [2.24, 2.45) is 0 Å². The van der Waals surface area contributed by atoms with E-state index in [0.29, 0.717) is 19.4 Å². The number of halogens is 1. The molecule has 29 heavy (non-hydrogen) atoms. The average Bonchev–Trinajstić information content (AvgIpc) is 2.97. The highest BCUT2D eigenvalue weighted by Gasteiger charge is 2.54. The topological polar surface area (TPSA) is 98.7 Å².